The van der Waals surface area contributed by atoms with Gasteiger partial charge in [0, 0.05) is 4.80 Å². The van der Waals surface area contributed by atoms with Gasteiger partial charge in [0.05, 0.1) is 6.54 Å². The number of rotatable bonds is 1. The molecule has 46 valence electrons. The molecule has 0 spiro atoms. The summed E-state index contributed by atoms with van der Waals surface area (Å²) in [5.74, 6) is 0. The van der Waals surface area contributed by atoms with Crippen LogP contribution in [0.15, 0.2) is 6.33 Å². The molecule has 0 amide bonds. The third kappa shape index (κ3) is 0.865. The van der Waals surface area contributed by atoms with Crippen LogP contribution in [0.3, 0.4) is 0 Å². The molecule has 1 aromatic rings. The van der Waals surface area contributed by atoms with Gasteiger partial charge in [-0.05, 0) is 6.92 Å². The first-order valence-electron chi connectivity index (χ1n) is 2.59. The van der Waals surface area contributed by atoms with Gasteiger partial charge in [-0.15, -0.1) is 4.68 Å². The Kier molecular flexibility index (Phi) is 1.40. The number of hydrogen-bond donors (Lipinski definition) is 0. The quantitative estimate of drug-likeness (QED) is 0.447. The number of hydrogen-bond acceptors (Lipinski definition) is 3. The normalized spacial score (nSPS) is 8.89. The van der Waals surface area contributed by atoms with Crippen molar-refractivity contribution in [1.82, 2.24) is 15.1 Å². The molecule has 0 saturated carbocycles. The Bertz CT molecular complexity index is 231. The molecule has 0 aromatic carbocycles. The van der Waals surface area contributed by atoms with Crippen molar-refractivity contribution in [2.24, 2.45) is 0 Å². The summed E-state index contributed by atoms with van der Waals surface area (Å²) in [4.78, 5) is 1.12. The van der Waals surface area contributed by atoms with Crippen molar-refractivity contribution >= 4 is 0 Å². The molecule has 9 heavy (non-hydrogen) atoms. The summed E-state index contributed by atoms with van der Waals surface area (Å²) in [5, 5.41) is 15.3. The summed E-state index contributed by atoms with van der Waals surface area (Å²) in [6, 6.07) is 0. The lowest BCUT2D eigenvalue weighted by Crippen LogP contribution is -2.40. The highest BCUT2D eigenvalue weighted by molar-refractivity contribution is 4.57. The van der Waals surface area contributed by atoms with Crippen molar-refractivity contribution in [2.45, 2.75) is 13.5 Å². The van der Waals surface area contributed by atoms with Crippen molar-refractivity contribution in [2.75, 3.05) is 0 Å². The van der Waals surface area contributed by atoms with E-state index < -0.39 is 0 Å². The number of tetrazole rings is 1. The Morgan fingerprint density at radius 3 is 3.11 bits per heavy atom. The standard InChI is InChI=1S/C4H6N5/c1-2-8-4-6-7-9(8)3-5/h4H,2H2,1H3/q+1. The van der Waals surface area contributed by atoms with Gasteiger partial charge in [-0.2, -0.15) is 5.26 Å². The van der Waals surface area contributed by atoms with Crippen LogP contribution in [0.1, 0.15) is 6.92 Å². The second kappa shape index (κ2) is 2.22. The Morgan fingerprint density at radius 2 is 2.67 bits per heavy atom. The van der Waals surface area contributed by atoms with Gasteiger partial charge in [-0.3, -0.25) is 0 Å². The van der Waals surface area contributed by atoms with Crippen LogP contribution in [0, 0.1) is 11.5 Å². The summed E-state index contributed by atoms with van der Waals surface area (Å²) in [7, 11) is 0. The summed E-state index contributed by atoms with van der Waals surface area (Å²) in [6.07, 6.45) is 3.34. The van der Waals surface area contributed by atoms with Gasteiger partial charge in [-0.25, -0.2) is 0 Å². The molecule has 5 nitrogen and oxygen atoms in total. The van der Waals surface area contributed by atoms with E-state index in [1.165, 1.54) is 6.33 Å². The first kappa shape index (κ1) is 5.69. The molecule has 0 N–H and O–H groups in total. The van der Waals surface area contributed by atoms with Crippen LogP contribution in [0.2, 0.25) is 0 Å². The highest BCUT2D eigenvalue weighted by Crippen LogP contribution is 1.63. The minimum absolute atomic E-state index is 0.709. The summed E-state index contributed by atoms with van der Waals surface area (Å²) >= 11 is 0. The Morgan fingerprint density at radius 1 is 1.89 bits per heavy atom. The van der Waals surface area contributed by atoms with Crippen molar-refractivity contribution in [3.63, 3.8) is 0 Å². The molecule has 1 rings (SSSR count). The summed E-state index contributed by atoms with van der Waals surface area (Å²) in [5.41, 5.74) is 0. The lowest BCUT2D eigenvalue weighted by Gasteiger charge is -1.84. The first-order chi connectivity index (χ1) is 4.38. The average molecular weight is 124 g/mol. The maximum absolute atomic E-state index is 8.33. The first-order valence-corrected chi connectivity index (χ1v) is 2.59. The highest BCUT2D eigenvalue weighted by atomic mass is 15.6. The minimum atomic E-state index is 0.709. The van der Waals surface area contributed by atoms with Gasteiger partial charge in [0.25, 0.3) is 12.5 Å². The molecule has 0 radical (unpaired) electrons. The number of aromatic nitrogens is 4. The topological polar surface area (TPSA) is 58.4 Å². The smallest absolute Gasteiger partial charge is 0.166 e. The highest BCUT2D eigenvalue weighted by Gasteiger charge is 2.03. The maximum Gasteiger partial charge on any atom is 0.289 e. The number of aryl methyl sites for hydroxylation is 1. The monoisotopic (exact) mass is 124 g/mol. The average Bonchev–Trinajstić information content (AvgIpc) is 2.33. The summed E-state index contributed by atoms with van der Waals surface area (Å²) in [6.45, 7) is 2.62. The van der Waals surface area contributed by atoms with Crippen LogP contribution < -0.4 is 4.68 Å². The third-order valence-corrected chi connectivity index (χ3v) is 0.978. The lowest BCUT2D eigenvalue weighted by atomic mass is 10.8. The molecule has 0 aliphatic carbocycles. The van der Waals surface area contributed by atoms with Gasteiger partial charge in [0.15, 0.2) is 5.21 Å². The van der Waals surface area contributed by atoms with Crippen molar-refractivity contribution < 1.29 is 4.68 Å². The fraction of sp³-hybridized carbons (Fsp3) is 0.500. The molecule has 0 aliphatic rings. The van der Waals surface area contributed by atoms with E-state index in [-0.39, 0.29) is 0 Å². The van der Waals surface area contributed by atoms with Crippen LogP contribution in [-0.4, -0.2) is 15.1 Å². The Hall–Kier alpha value is -1.44. The molecule has 0 fully saturated rings. The lowest BCUT2D eigenvalue weighted by molar-refractivity contribution is -0.767. The molecule has 1 heterocycles. The van der Waals surface area contributed by atoms with Crippen molar-refractivity contribution in [3.05, 3.63) is 6.33 Å². The van der Waals surface area contributed by atoms with Gasteiger partial charge >= 0.3 is 0 Å². The van der Waals surface area contributed by atoms with E-state index in [0.717, 1.165) is 4.80 Å². The molecule has 5 heteroatoms. The Labute approximate surface area is 52.1 Å². The van der Waals surface area contributed by atoms with Crippen LogP contribution in [0.4, 0.5) is 0 Å². The predicted molar refractivity (Wildman–Crippen MR) is 26.9 cm³/mol. The minimum Gasteiger partial charge on any atom is -0.166 e. The zero-order valence-electron chi connectivity index (χ0n) is 5.02. The van der Waals surface area contributed by atoms with E-state index in [0.29, 0.717) is 6.54 Å². The number of nitriles is 1. The van der Waals surface area contributed by atoms with Gasteiger partial charge in [0.2, 0.25) is 0 Å². The van der Waals surface area contributed by atoms with Crippen LogP contribution in [0.5, 0.6) is 0 Å². The third-order valence-electron chi connectivity index (χ3n) is 0.978. The molecule has 0 saturated heterocycles. The molecule has 0 bridgehead atoms. The molecule has 0 atom stereocenters. The van der Waals surface area contributed by atoms with Crippen molar-refractivity contribution in [3.8, 4) is 6.19 Å². The predicted octanol–water partition coefficient (Wildman–Crippen LogP) is -1.09. The van der Waals surface area contributed by atoms with Gasteiger partial charge in [-0.1, -0.05) is 0 Å². The van der Waals surface area contributed by atoms with E-state index in [2.05, 4.69) is 10.3 Å². The fourth-order valence-electron chi connectivity index (χ4n) is 0.525. The van der Waals surface area contributed by atoms with E-state index in [1.807, 2.05) is 13.1 Å². The van der Waals surface area contributed by atoms with Crippen molar-refractivity contribution in [1.29, 1.82) is 5.26 Å². The molecular formula is C4H6N5+. The fourth-order valence-corrected chi connectivity index (χ4v) is 0.525. The largest absolute Gasteiger partial charge is 0.289 e. The zero-order chi connectivity index (χ0) is 6.69. The van der Waals surface area contributed by atoms with Gasteiger partial charge < -0.3 is 0 Å². The van der Waals surface area contributed by atoms with Gasteiger partial charge in [0.1, 0.15) is 5.10 Å². The second-order valence-electron chi connectivity index (χ2n) is 1.47. The number of nitrogens with zero attached hydrogens (tertiary/aromatic N) is 5. The second-order valence-corrected chi connectivity index (χ2v) is 1.47. The van der Waals surface area contributed by atoms with E-state index in [4.69, 9.17) is 5.26 Å². The summed E-state index contributed by atoms with van der Waals surface area (Å²) < 4.78 is 1.60. The Balaban J connectivity index is 3.02. The van der Waals surface area contributed by atoms with Crippen LogP contribution in [-0.2, 0) is 6.54 Å². The maximum atomic E-state index is 8.33. The molecule has 1 aromatic heterocycles. The van der Waals surface area contributed by atoms with E-state index in [1.54, 1.807) is 4.68 Å². The van der Waals surface area contributed by atoms with E-state index in [9.17, 15) is 0 Å². The molecule has 0 unspecified atom stereocenters. The van der Waals surface area contributed by atoms with Crippen LogP contribution >= 0.6 is 0 Å². The molecule has 0 aliphatic heterocycles. The van der Waals surface area contributed by atoms with E-state index >= 15 is 0 Å². The SMILES string of the molecule is CC[n+]1cnnn1C#N. The van der Waals surface area contributed by atoms with Crippen LogP contribution in [0.25, 0.3) is 0 Å². The zero-order valence-corrected chi connectivity index (χ0v) is 5.02. The molecular weight excluding hydrogens is 118 g/mol.